The maximum Gasteiger partial charge on any atom is 0.185 e. The molecule has 1 saturated heterocycles. The molecule has 1 aromatic heterocycles. The maximum atomic E-state index is 5.68. The summed E-state index contributed by atoms with van der Waals surface area (Å²) >= 11 is 1.83. The third kappa shape index (κ3) is 3.51. The molecule has 0 aromatic carbocycles. The normalized spacial score (nSPS) is 22.4. The van der Waals surface area contributed by atoms with Crippen LogP contribution in [0, 0.1) is 0 Å². The molecule has 1 aromatic rings. The van der Waals surface area contributed by atoms with Gasteiger partial charge in [-0.25, -0.2) is 4.98 Å². The van der Waals surface area contributed by atoms with Gasteiger partial charge in [0.25, 0.3) is 0 Å². The van der Waals surface area contributed by atoms with Gasteiger partial charge in [0.1, 0.15) is 0 Å². The van der Waals surface area contributed by atoms with E-state index in [1.807, 2.05) is 11.3 Å². The highest BCUT2D eigenvalue weighted by Gasteiger charge is 2.29. The van der Waals surface area contributed by atoms with E-state index in [2.05, 4.69) is 38.0 Å². The van der Waals surface area contributed by atoms with Crippen molar-refractivity contribution in [2.75, 3.05) is 25.1 Å². The Balaban J connectivity index is 2.14. The lowest BCUT2D eigenvalue weighted by molar-refractivity contribution is 0.118. The molecular formula is C15H27N3OS. The number of nitrogens with zero attached hydrogens (tertiary/aromatic N) is 2. The summed E-state index contributed by atoms with van der Waals surface area (Å²) in [5.74, 6) is 0. The van der Waals surface area contributed by atoms with E-state index in [9.17, 15) is 0 Å². The summed E-state index contributed by atoms with van der Waals surface area (Å²) < 4.78 is 5.68. The fourth-order valence-electron chi connectivity index (χ4n) is 2.70. The Morgan fingerprint density at radius 1 is 1.45 bits per heavy atom. The van der Waals surface area contributed by atoms with E-state index in [1.165, 1.54) is 10.6 Å². The Bertz CT molecular complexity index is 421. The van der Waals surface area contributed by atoms with Gasteiger partial charge in [-0.15, -0.1) is 11.3 Å². The van der Waals surface area contributed by atoms with Crippen LogP contribution in [0.2, 0.25) is 0 Å². The van der Waals surface area contributed by atoms with E-state index in [4.69, 9.17) is 9.72 Å². The van der Waals surface area contributed by atoms with Crippen LogP contribution in [0.3, 0.4) is 0 Å². The molecular weight excluding hydrogens is 270 g/mol. The number of ether oxygens (including phenoxy) is 1. The number of likely N-dealkylation sites (N-methyl/N-ethyl adjacent to an activating group) is 1. The highest BCUT2D eigenvalue weighted by atomic mass is 32.1. The Hall–Kier alpha value is -0.650. The molecule has 2 unspecified atom stereocenters. The highest BCUT2D eigenvalue weighted by Crippen LogP contribution is 2.31. The van der Waals surface area contributed by atoms with E-state index >= 15 is 0 Å². The minimum Gasteiger partial charge on any atom is -0.376 e. The van der Waals surface area contributed by atoms with Gasteiger partial charge in [-0.3, -0.25) is 0 Å². The lowest BCUT2D eigenvalue weighted by atomic mass is 10.1. The van der Waals surface area contributed by atoms with Crippen LogP contribution in [-0.2, 0) is 17.7 Å². The first-order chi connectivity index (χ1) is 9.67. The first-order valence-corrected chi connectivity index (χ1v) is 8.52. The van der Waals surface area contributed by atoms with Gasteiger partial charge in [0.2, 0.25) is 0 Å². The summed E-state index contributed by atoms with van der Waals surface area (Å²) in [7, 11) is 2.15. The zero-order valence-electron chi connectivity index (χ0n) is 13.1. The van der Waals surface area contributed by atoms with Crippen LogP contribution < -0.4 is 10.2 Å². The first-order valence-electron chi connectivity index (χ1n) is 7.71. The second-order valence-electron chi connectivity index (χ2n) is 5.44. The standard InChI is InChI=1S/C15H27N3OS/c1-5-7-12-14(10-16-6-2)20-15(17-12)18(4)13-8-9-19-11(13)3/h11,13,16H,5-10H2,1-4H3. The van der Waals surface area contributed by atoms with E-state index in [1.54, 1.807) is 0 Å². The van der Waals surface area contributed by atoms with Gasteiger partial charge in [0.15, 0.2) is 5.13 Å². The van der Waals surface area contributed by atoms with Crippen LogP contribution in [0.4, 0.5) is 5.13 Å². The van der Waals surface area contributed by atoms with Crippen molar-refractivity contribution in [1.29, 1.82) is 0 Å². The van der Waals surface area contributed by atoms with Gasteiger partial charge in [0.05, 0.1) is 17.8 Å². The Labute approximate surface area is 126 Å². The van der Waals surface area contributed by atoms with Crippen molar-refractivity contribution in [2.24, 2.45) is 0 Å². The zero-order chi connectivity index (χ0) is 14.5. The van der Waals surface area contributed by atoms with E-state index < -0.39 is 0 Å². The number of thiazole rings is 1. The van der Waals surface area contributed by atoms with Gasteiger partial charge in [-0.1, -0.05) is 20.3 Å². The first kappa shape index (κ1) is 15.7. The molecule has 2 rings (SSSR count). The van der Waals surface area contributed by atoms with E-state index in [-0.39, 0.29) is 0 Å². The molecule has 1 aliphatic rings. The molecule has 0 spiro atoms. The van der Waals surface area contributed by atoms with Crippen molar-refractivity contribution < 1.29 is 4.74 Å². The molecule has 2 heterocycles. The van der Waals surface area contributed by atoms with Gasteiger partial charge in [0, 0.05) is 25.1 Å². The second-order valence-corrected chi connectivity index (χ2v) is 6.50. The number of anilines is 1. The maximum absolute atomic E-state index is 5.68. The predicted molar refractivity (Wildman–Crippen MR) is 85.7 cm³/mol. The molecule has 0 bridgehead atoms. The molecule has 0 radical (unpaired) electrons. The number of rotatable bonds is 7. The van der Waals surface area contributed by atoms with Crippen molar-refractivity contribution in [3.63, 3.8) is 0 Å². The topological polar surface area (TPSA) is 37.4 Å². The van der Waals surface area contributed by atoms with Crippen LogP contribution in [0.15, 0.2) is 0 Å². The van der Waals surface area contributed by atoms with Crippen molar-refractivity contribution in [3.8, 4) is 0 Å². The fraction of sp³-hybridized carbons (Fsp3) is 0.800. The third-order valence-corrected chi connectivity index (χ3v) is 5.11. The molecule has 5 heteroatoms. The average Bonchev–Trinajstić information content (AvgIpc) is 3.03. The predicted octanol–water partition coefficient (Wildman–Crippen LogP) is 2.82. The lowest BCUT2D eigenvalue weighted by Gasteiger charge is -2.26. The van der Waals surface area contributed by atoms with Crippen molar-refractivity contribution in [3.05, 3.63) is 10.6 Å². The SMILES string of the molecule is CCCc1nc(N(C)C2CCOC2C)sc1CNCC. The van der Waals surface area contributed by atoms with Crippen LogP contribution in [0.1, 0.15) is 44.2 Å². The summed E-state index contributed by atoms with van der Waals surface area (Å²) in [5.41, 5.74) is 1.27. The molecule has 2 atom stereocenters. The van der Waals surface area contributed by atoms with Crippen LogP contribution >= 0.6 is 11.3 Å². The molecule has 114 valence electrons. The average molecular weight is 297 g/mol. The van der Waals surface area contributed by atoms with Crippen LogP contribution in [0.25, 0.3) is 0 Å². The quantitative estimate of drug-likeness (QED) is 0.840. The lowest BCUT2D eigenvalue weighted by Crippen LogP contribution is -2.36. The summed E-state index contributed by atoms with van der Waals surface area (Å²) in [6.07, 6.45) is 3.62. The van der Waals surface area contributed by atoms with Crippen molar-refractivity contribution in [1.82, 2.24) is 10.3 Å². The molecule has 0 aliphatic carbocycles. The smallest absolute Gasteiger partial charge is 0.185 e. The largest absolute Gasteiger partial charge is 0.376 e. The minimum atomic E-state index is 0.302. The fourth-order valence-corrected chi connectivity index (χ4v) is 3.80. The van der Waals surface area contributed by atoms with Gasteiger partial charge < -0.3 is 15.0 Å². The van der Waals surface area contributed by atoms with Gasteiger partial charge in [-0.2, -0.15) is 0 Å². The molecule has 0 saturated carbocycles. The van der Waals surface area contributed by atoms with Crippen molar-refractivity contribution in [2.45, 2.75) is 58.7 Å². The number of hydrogen-bond donors (Lipinski definition) is 1. The van der Waals surface area contributed by atoms with Crippen LogP contribution in [-0.4, -0.2) is 37.3 Å². The third-order valence-electron chi connectivity index (χ3n) is 3.92. The Morgan fingerprint density at radius 3 is 2.85 bits per heavy atom. The minimum absolute atomic E-state index is 0.302. The Morgan fingerprint density at radius 2 is 2.25 bits per heavy atom. The van der Waals surface area contributed by atoms with Gasteiger partial charge in [-0.05, 0) is 26.3 Å². The molecule has 20 heavy (non-hydrogen) atoms. The molecule has 4 nitrogen and oxygen atoms in total. The highest BCUT2D eigenvalue weighted by molar-refractivity contribution is 7.15. The van der Waals surface area contributed by atoms with E-state index in [0.29, 0.717) is 12.1 Å². The summed E-state index contributed by atoms with van der Waals surface area (Å²) in [5, 5.41) is 4.56. The number of aromatic nitrogens is 1. The number of nitrogens with one attached hydrogen (secondary N) is 1. The van der Waals surface area contributed by atoms with Crippen molar-refractivity contribution >= 4 is 16.5 Å². The Kier molecular flexibility index (Phi) is 5.81. The second kappa shape index (κ2) is 7.38. The molecule has 1 aliphatic heterocycles. The summed E-state index contributed by atoms with van der Waals surface area (Å²) in [4.78, 5) is 8.59. The van der Waals surface area contributed by atoms with E-state index in [0.717, 1.165) is 44.1 Å². The zero-order valence-corrected chi connectivity index (χ0v) is 13.9. The van der Waals surface area contributed by atoms with Crippen LogP contribution in [0.5, 0.6) is 0 Å². The summed E-state index contributed by atoms with van der Waals surface area (Å²) in [6.45, 7) is 9.33. The monoisotopic (exact) mass is 297 g/mol. The number of aryl methyl sites for hydroxylation is 1. The summed E-state index contributed by atoms with van der Waals surface area (Å²) in [6, 6.07) is 0.461. The van der Waals surface area contributed by atoms with Gasteiger partial charge >= 0.3 is 0 Å². The molecule has 1 fully saturated rings. The molecule has 1 N–H and O–H groups in total. The number of hydrogen-bond acceptors (Lipinski definition) is 5. The molecule has 0 amide bonds.